The molecular formula is C25H26N2OS. The molecule has 1 unspecified atom stereocenters. The fourth-order valence-corrected chi connectivity index (χ4v) is 5.61. The quantitative estimate of drug-likeness (QED) is 0.537. The molecular weight excluding hydrogens is 376 g/mol. The van der Waals surface area contributed by atoms with Gasteiger partial charge in [0, 0.05) is 10.4 Å². The van der Waals surface area contributed by atoms with E-state index in [0.29, 0.717) is 27.5 Å². The standard InChI is InChI=1S/C25H26N2OS/c1-4-25(2,3)17-12-13-19-21(15-26)24(29-22(19)14-17)27-23(28)20-11-7-9-16-8-5-6-10-18(16)20/h5-11,17H,4,12-14H2,1-3H3,(H,27,28). The van der Waals surface area contributed by atoms with Crippen LogP contribution in [0.3, 0.4) is 0 Å². The van der Waals surface area contributed by atoms with Crippen molar-refractivity contribution in [2.45, 2.75) is 46.5 Å². The predicted octanol–water partition coefficient (Wildman–Crippen LogP) is 6.57. The molecule has 148 valence electrons. The number of nitrogens with zero attached hydrogens (tertiary/aromatic N) is 1. The van der Waals surface area contributed by atoms with Crippen LogP contribution in [-0.4, -0.2) is 5.91 Å². The van der Waals surface area contributed by atoms with Crippen molar-refractivity contribution in [2.75, 3.05) is 5.32 Å². The first-order valence-corrected chi connectivity index (χ1v) is 11.1. The number of carbonyl (C=O) groups is 1. The van der Waals surface area contributed by atoms with Gasteiger partial charge in [-0.1, -0.05) is 63.6 Å². The number of amides is 1. The average Bonchev–Trinajstić information content (AvgIpc) is 3.09. The Balaban J connectivity index is 1.65. The van der Waals surface area contributed by atoms with Gasteiger partial charge < -0.3 is 5.32 Å². The zero-order chi connectivity index (χ0) is 20.6. The van der Waals surface area contributed by atoms with Crippen molar-refractivity contribution in [2.24, 2.45) is 11.3 Å². The number of hydrogen-bond acceptors (Lipinski definition) is 3. The molecule has 0 spiro atoms. The maximum atomic E-state index is 13.1. The summed E-state index contributed by atoms with van der Waals surface area (Å²) in [5.41, 5.74) is 2.74. The van der Waals surface area contributed by atoms with Crippen LogP contribution in [0.15, 0.2) is 42.5 Å². The summed E-state index contributed by atoms with van der Waals surface area (Å²) in [5, 5.41) is 15.5. The molecule has 3 nitrogen and oxygen atoms in total. The summed E-state index contributed by atoms with van der Waals surface area (Å²) in [6.07, 6.45) is 4.18. The van der Waals surface area contributed by atoms with Gasteiger partial charge in [0.1, 0.15) is 11.1 Å². The third kappa shape index (κ3) is 3.56. The Hall–Kier alpha value is -2.64. The third-order valence-electron chi connectivity index (χ3n) is 6.65. The molecule has 1 heterocycles. The van der Waals surface area contributed by atoms with Crippen molar-refractivity contribution < 1.29 is 4.79 Å². The summed E-state index contributed by atoms with van der Waals surface area (Å²) in [4.78, 5) is 14.3. The molecule has 1 atom stereocenters. The predicted molar refractivity (Wildman–Crippen MR) is 121 cm³/mol. The van der Waals surface area contributed by atoms with Crippen LogP contribution >= 0.6 is 11.3 Å². The van der Waals surface area contributed by atoms with Crippen molar-refractivity contribution in [1.82, 2.24) is 0 Å². The highest BCUT2D eigenvalue weighted by Crippen LogP contribution is 2.45. The third-order valence-corrected chi connectivity index (χ3v) is 7.82. The molecule has 3 aromatic rings. The topological polar surface area (TPSA) is 52.9 Å². The first kappa shape index (κ1) is 19.7. The van der Waals surface area contributed by atoms with Gasteiger partial charge in [-0.15, -0.1) is 11.3 Å². The lowest BCUT2D eigenvalue weighted by Crippen LogP contribution is -2.28. The van der Waals surface area contributed by atoms with Gasteiger partial charge in [0.05, 0.1) is 5.56 Å². The Labute approximate surface area is 176 Å². The van der Waals surface area contributed by atoms with E-state index in [4.69, 9.17) is 0 Å². The second kappa shape index (κ2) is 7.65. The molecule has 0 fully saturated rings. The smallest absolute Gasteiger partial charge is 0.256 e. The highest BCUT2D eigenvalue weighted by Gasteiger charge is 2.34. The molecule has 0 bridgehead atoms. The van der Waals surface area contributed by atoms with Gasteiger partial charge in [-0.25, -0.2) is 0 Å². The normalized spacial score (nSPS) is 16.3. The van der Waals surface area contributed by atoms with Crippen LogP contribution in [0.25, 0.3) is 10.8 Å². The number of nitriles is 1. The molecule has 1 aliphatic rings. The van der Waals surface area contributed by atoms with Crippen LogP contribution in [-0.2, 0) is 12.8 Å². The van der Waals surface area contributed by atoms with Crippen molar-refractivity contribution in [3.05, 3.63) is 64.0 Å². The summed E-state index contributed by atoms with van der Waals surface area (Å²) in [7, 11) is 0. The van der Waals surface area contributed by atoms with Crippen molar-refractivity contribution in [1.29, 1.82) is 5.26 Å². The molecule has 2 aromatic carbocycles. The molecule has 0 radical (unpaired) electrons. The van der Waals surface area contributed by atoms with E-state index in [9.17, 15) is 10.1 Å². The van der Waals surface area contributed by atoms with Gasteiger partial charge in [0.15, 0.2) is 0 Å². The molecule has 1 amide bonds. The molecule has 1 N–H and O–H groups in total. The van der Waals surface area contributed by atoms with E-state index >= 15 is 0 Å². The largest absolute Gasteiger partial charge is 0.312 e. The van der Waals surface area contributed by atoms with Gasteiger partial charge in [-0.3, -0.25) is 4.79 Å². The second-order valence-electron chi connectivity index (χ2n) is 8.58. The van der Waals surface area contributed by atoms with E-state index in [-0.39, 0.29) is 5.91 Å². The maximum absolute atomic E-state index is 13.1. The Morgan fingerprint density at radius 3 is 2.76 bits per heavy atom. The van der Waals surface area contributed by atoms with Crippen LogP contribution in [0, 0.1) is 22.7 Å². The number of fused-ring (bicyclic) bond motifs is 2. The van der Waals surface area contributed by atoms with E-state index in [1.165, 1.54) is 4.88 Å². The summed E-state index contributed by atoms with van der Waals surface area (Å²) in [5.74, 6) is 0.467. The minimum atomic E-state index is -0.151. The number of thiophene rings is 1. The lowest BCUT2D eigenvalue weighted by molar-refractivity contribution is 0.102. The molecule has 0 saturated heterocycles. The summed E-state index contributed by atoms with van der Waals surface area (Å²) >= 11 is 1.59. The van der Waals surface area contributed by atoms with E-state index < -0.39 is 0 Å². The van der Waals surface area contributed by atoms with Crippen LogP contribution in [0.2, 0.25) is 0 Å². The number of anilines is 1. The second-order valence-corrected chi connectivity index (χ2v) is 9.69. The number of benzene rings is 2. The minimum absolute atomic E-state index is 0.151. The van der Waals surface area contributed by atoms with E-state index in [1.54, 1.807) is 11.3 Å². The number of rotatable bonds is 4. The van der Waals surface area contributed by atoms with E-state index in [1.807, 2.05) is 42.5 Å². The Morgan fingerprint density at radius 2 is 2.00 bits per heavy atom. The van der Waals surface area contributed by atoms with Crippen molar-refractivity contribution in [3.8, 4) is 6.07 Å². The lowest BCUT2D eigenvalue weighted by atomic mass is 9.69. The molecule has 1 aromatic heterocycles. The SMILES string of the molecule is CCC(C)(C)C1CCc2c(sc(NC(=O)c3cccc4ccccc34)c2C#N)C1. The van der Waals surface area contributed by atoms with E-state index in [0.717, 1.165) is 42.0 Å². The molecule has 4 rings (SSSR count). The molecule has 29 heavy (non-hydrogen) atoms. The molecule has 0 saturated carbocycles. The molecule has 4 heteroatoms. The first-order chi connectivity index (χ1) is 13.9. The lowest BCUT2D eigenvalue weighted by Gasteiger charge is -2.36. The van der Waals surface area contributed by atoms with Crippen LogP contribution in [0.4, 0.5) is 5.00 Å². The van der Waals surface area contributed by atoms with Crippen LogP contribution < -0.4 is 5.32 Å². The summed E-state index contributed by atoms with van der Waals surface area (Å²) in [6.45, 7) is 6.93. The zero-order valence-electron chi connectivity index (χ0n) is 17.2. The van der Waals surface area contributed by atoms with Gasteiger partial charge >= 0.3 is 0 Å². The van der Waals surface area contributed by atoms with Gasteiger partial charge in [0.25, 0.3) is 5.91 Å². The van der Waals surface area contributed by atoms with E-state index in [2.05, 4.69) is 32.2 Å². The maximum Gasteiger partial charge on any atom is 0.256 e. The molecule has 1 aliphatic carbocycles. The average molecular weight is 403 g/mol. The van der Waals surface area contributed by atoms with Gasteiger partial charge in [0.2, 0.25) is 0 Å². The fraction of sp³-hybridized carbons (Fsp3) is 0.360. The van der Waals surface area contributed by atoms with Gasteiger partial charge in [-0.05, 0) is 53.0 Å². The molecule has 0 aliphatic heterocycles. The van der Waals surface area contributed by atoms with Crippen LogP contribution in [0.1, 0.15) is 60.0 Å². The van der Waals surface area contributed by atoms with Crippen LogP contribution in [0.5, 0.6) is 0 Å². The summed E-state index contributed by atoms with van der Waals surface area (Å²) in [6, 6.07) is 16.0. The minimum Gasteiger partial charge on any atom is -0.312 e. The number of carbonyl (C=O) groups excluding carboxylic acids is 1. The summed E-state index contributed by atoms with van der Waals surface area (Å²) < 4.78 is 0. The van der Waals surface area contributed by atoms with Crippen molar-refractivity contribution in [3.63, 3.8) is 0 Å². The van der Waals surface area contributed by atoms with Crippen molar-refractivity contribution >= 4 is 33.0 Å². The number of nitrogens with one attached hydrogen (secondary N) is 1. The highest BCUT2D eigenvalue weighted by molar-refractivity contribution is 7.16. The fourth-order valence-electron chi connectivity index (χ4n) is 4.34. The first-order valence-electron chi connectivity index (χ1n) is 10.3. The Bertz CT molecular complexity index is 1110. The Kier molecular flexibility index (Phi) is 5.19. The van der Waals surface area contributed by atoms with Gasteiger partial charge in [-0.2, -0.15) is 5.26 Å². The zero-order valence-corrected chi connectivity index (χ0v) is 18.0. The highest BCUT2D eigenvalue weighted by atomic mass is 32.1. The monoisotopic (exact) mass is 402 g/mol. The Morgan fingerprint density at radius 1 is 1.24 bits per heavy atom. The number of hydrogen-bond donors (Lipinski definition) is 1.